The van der Waals surface area contributed by atoms with Crippen molar-refractivity contribution in [2.45, 2.75) is 45.2 Å². The Morgan fingerprint density at radius 2 is 1.76 bits per heavy atom. The number of carbonyl (C=O) groups is 1. The van der Waals surface area contributed by atoms with Crippen LogP contribution < -0.4 is 10.6 Å². The molecule has 2 aliphatic rings. The Morgan fingerprint density at radius 3 is 2.40 bits per heavy atom. The minimum Gasteiger partial charge on any atom is -0.352 e. The van der Waals surface area contributed by atoms with Crippen LogP contribution in [0.3, 0.4) is 0 Å². The summed E-state index contributed by atoms with van der Waals surface area (Å²) in [4.78, 5) is 14.5. The first-order valence-corrected chi connectivity index (χ1v) is 9.07. The van der Waals surface area contributed by atoms with Crippen molar-refractivity contribution in [1.29, 1.82) is 0 Å². The first-order valence-electron chi connectivity index (χ1n) is 9.07. The summed E-state index contributed by atoms with van der Waals surface area (Å²) >= 11 is 0. The lowest BCUT2D eigenvalue weighted by molar-refractivity contribution is -0.122. The third-order valence-corrected chi connectivity index (χ3v) is 5.00. The normalized spacial score (nSPS) is 20.4. The third-order valence-electron chi connectivity index (χ3n) is 5.00. The van der Waals surface area contributed by atoms with Crippen LogP contribution in [-0.2, 0) is 17.9 Å². The van der Waals surface area contributed by atoms with E-state index in [4.69, 9.17) is 0 Å². The fraction of sp³-hybridized carbons (Fsp3) is 0.632. The number of rotatable bonds is 6. The molecule has 1 aromatic rings. The lowest BCUT2D eigenvalue weighted by atomic mass is 10.0. The Balaban J connectivity index is 0.00000156. The monoisotopic (exact) mass is 387 g/mol. The highest BCUT2D eigenvalue weighted by Gasteiger charge is 2.17. The second kappa shape index (κ2) is 11.7. The maximum atomic E-state index is 12.0. The van der Waals surface area contributed by atoms with Gasteiger partial charge in [0.2, 0.25) is 5.91 Å². The van der Waals surface area contributed by atoms with Crippen LogP contribution in [0.15, 0.2) is 24.3 Å². The first kappa shape index (κ1) is 22.2. The predicted octanol–water partition coefficient (Wildman–Crippen LogP) is 3.13. The molecule has 0 aliphatic carbocycles. The number of benzene rings is 1. The van der Waals surface area contributed by atoms with Gasteiger partial charge in [-0.05, 0) is 62.5 Å². The molecule has 0 aromatic heterocycles. The Morgan fingerprint density at radius 1 is 1.08 bits per heavy atom. The molecular formula is C19H31Cl2N3O. The minimum atomic E-state index is 0. The quantitative estimate of drug-likeness (QED) is 0.787. The van der Waals surface area contributed by atoms with Gasteiger partial charge in [-0.1, -0.05) is 30.7 Å². The molecule has 1 aromatic carbocycles. The van der Waals surface area contributed by atoms with Crippen molar-refractivity contribution in [3.05, 3.63) is 35.4 Å². The molecule has 1 atom stereocenters. The number of nitrogens with zero attached hydrogens (tertiary/aromatic N) is 1. The lowest BCUT2D eigenvalue weighted by Gasteiger charge is -2.26. The van der Waals surface area contributed by atoms with Crippen molar-refractivity contribution in [2.75, 3.05) is 26.2 Å². The molecule has 142 valence electrons. The molecule has 2 fully saturated rings. The van der Waals surface area contributed by atoms with Crippen LogP contribution in [0.4, 0.5) is 0 Å². The van der Waals surface area contributed by atoms with Crippen LogP contribution in [0.25, 0.3) is 0 Å². The summed E-state index contributed by atoms with van der Waals surface area (Å²) in [6.45, 7) is 6.20. The van der Waals surface area contributed by atoms with Gasteiger partial charge in [-0.3, -0.25) is 9.69 Å². The summed E-state index contributed by atoms with van der Waals surface area (Å²) in [5.74, 6) is 0.693. The summed E-state index contributed by atoms with van der Waals surface area (Å²) in [7, 11) is 0. The number of carbonyl (C=O) groups excluding carboxylic acids is 1. The summed E-state index contributed by atoms with van der Waals surface area (Å²) in [5.41, 5.74) is 2.56. The van der Waals surface area contributed by atoms with E-state index < -0.39 is 0 Å². The second-order valence-electron chi connectivity index (χ2n) is 6.99. The molecule has 25 heavy (non-hydrogen) atoms. The zero-order valence-corrected chi connectivity index (χ0v) is 16.5. The van der Waals surface area contributed by atoms with Crippen molar-refractivity contribution in [3.8, 4) is 0 Å². The van der Waals surface area contributed by atoms with Gasteiger partial charge in [-0.15, -0.1) is 24.8 Å². The van der Waals surface area contributed by atoms with Crippen molar-refractivity contribution in [1.82, 2.24) is 15.5 Å². The second-order valence-corrected chi connectivity index (χ2v) is 6.99. The molecule has 1 unspecified atom stereocenters. The van der Waals surface area contributed by atoms with Crippen molar-refractivity contribution < 1.29 is 4.79 Å². The van der Waals surface area contributed by atoms with Gasteiger partial charge in [-0.2, -0.15) is 0 Å². The van der Waals surface area contributed by atoms with Gasteiger partial charge in [0.15, 0.2) is 0 Å². The molecule has 0 saturated carbocycles. The molecular weight excluding hydrogens is 357 g/mol. The van der Waals surface area contributed by atoms with Crippen LogP contribution in [-0.4, -0.2) is 37.0 Å². The highest BCUT2D eigenvalue weighted by atomic mass is 35.5. The van der Waals surface area contributed by atoms with Crippen molar-refractivity contribution in [3.63, 3.8) is 0 Å². The fourth-order valence-corrected chi connectivity index (χ4v) is 3.56. The molecule has 4 nitrogen and oxygen atoms in total. The van der Waals surface area contributed by atoms with E-state index in [1.165, 1.54) is 43.5 Å². The summed E-state index contributed by atoms with van der Waals surface area (Å²) < 4.78 is 0. The smallest absolute Gasteiger partial charge is 0.220 e. The standard InChI is InChI=1S/C19H29N3O.2ClH/c23-19(12-18-8-9-20-13-18)21-14-16-4-6-17(7-5-16)15-22-10-2-1-3-11-22;;/h4-7,18,20H,1-3,8-15H2,(H,21,23);2*1H. The molecule has 2 aliphatic heterocycles. The minimum absolute atomic E-state index is 0. The summed E-state index contributed by atoms with van der Waals surface area (Å²) in [6, 6.07) is 8.71. The third kappa shape index (κ3) is 7.53. The zero-order chi connectivity index (χ0) is 15.9. The lowest BCUT2D eigenvalue weighted by Crippen LogP contribution is -2.29. The number of likely N-dealkylation sites (tertiary alicyclic amines) is 1. The van der Waals surface area contributed by atoms with Crippen LogP contribution in [0.1, 0.15) is 43.2 Å². The van der Waals surface area contributed by atoms with Gasteiger partial charge in [0, 0.05) is 19.5 Å². The van der Waals surface area contributed by atoms with Crippen molar-refractivity contribution >= 4 is 30.7 Å². The van der Waals surface area contributed by atoms with Crippen LogP contribution in [0.5, 0.6) is 0 Å². The van der Waals surface area contributed by atoms with Crippen LogP contribution in [0.2, 0.25) is 0 Å². The van der Waals surface area contributed by atoms with Gasteiger partial charge in [0.25, 0.3) is 0 Å². The molecule has 2 heterocycles. The predicted molar refractivity (Wildman–Crippen MR) is 108 cm³/mol. The average molecular weight is 388 g/mol. The number of nitrogens with one attached hydrogen (secondary N) is 2. The van der Waals surface area contributed by atoms with E-state index in [0.29, 0.717) is 18.9 Å². The molecule has 0 radical (unpaired) electrons. The van der Waals surface area contributed by atoms with E-state index in [1.807, 2.05) is 0 Å². The molecule has 6 heteroatoms. The van der Waals surface area contributed by atoms with E-state index in [2.05, 4.69) is 39.8 Å². The van der Waals surface area contributed by atoms with E-state index in [0.717, 1.165) is 26.1 Å². The summed E-state index contributed by atoms with van der Waals surface area (Å²) in [5, 5.41) is 6.36. The molecule has 2 N–H and O–H groups in total. The average Bonchev–Trinajstić information content (AvgIpc) is 3.08. The molecule has 3 rings (SSSR count). The van der Waals surface area contributed by atoms with Gasteiger partial charge < -0.3 is 10.6 Å². The molecule has 0 spiro atoms. The topological polar surface area (TPSA) is 44.4 Å². The molecule has 1 amide bonds. The van der Waals surface area contributed by atoms with E-state index >= 15 is 0 Å². The Kier molecular flexibility index (Phi) is 10.4. The number of piperidine rings is 1. The fourth-order valence-electron chi connectivity index (χ4n) is 3.56. The van der Waals surface area contributed by atoms with Gasteiger partial charge in [0.05, 0.1) is 0 Å². The number of hydrogen-bond donors (Lipinski definition) is 2. The van der Waals surface area contributed by atoms with Crippen LogP contribution >= 0.6 is 24.8 Å². The van der Waals surface area contributed by atoms with Gasteiger partial charge in [-0.25, -0.2) is 0 Å². The van der Waals surface area contributed by atoms with Crippen molar-refractivity contribution in [2.24, 2.45) is 5.92 Å². The summed E-state index contributed by atoms with van der Waals surface area (Å²) in [6.07, 6.45) is 5.83. The number of amides is 1. The Hall–Kier alpha value is -0.810. The molecule has 2 saturated heterocycles. The highest BCUT2D eigenvalue weighted by Crippen LogP contribution is 2.14. The Labute approximate surface area is 163 Å². The highest BCUT2D eigenvalue weighted by molar-refractivity contribution is 5.85. The SMILES string of the molecule is Cl.Cl.O=C(CC1CCNC1)NCc1ccc(CN2CCCCC2)cc1. The number of hydrogen-bond acceptors (Lipinski definition) is 3. The largest absolute Gasteiger partial charge is 0.352 e. The Bertz CT molecular complexity index is 498. The van der Waals surface area contributed by atoms with E-state index in [-0.39, 0.29) is 30.7 Å². The van der Waals surface area contributed by atoms with E-state index in [1.54, 1.807) is 0 Å². The maximum Gasteiger partial charge on any atom is 0.220 e. The maximum absolute atomic E-state index is 12.0. The number of halogens is 2. The van der Waals surface area contributed by atoms with E-state index in [9.17, 15) is 4.79 Å². The molecule has 0 bridgehead atoms. The van der Waals surface area contributed by atoms with Gasteiger partial charge >= 0.3 is 0 Å². The van der Waals surface area contributed by atoms with Crippen LogP contribution in [0, 0.1) is 5.92 Å². The zero-order valence-electron chi connectivity index (χ0n) is 14.8. The van der Waals surface area contributed by atoms with Gasteiger partial charge in [0.1, 0.15) is 0 Å². The first-order chi connectivity index (χ1) is 11.3.